The van der Waals surface area contributed by atoms with Crippen LogP contribution < -0.4 is 10.1 Å². The summed E-state index contributed by atoms with van der Waals surface area (Å²) in [7, 11) is -1.53. The third-order valence-electron chi connectivity index (χ3n) is 5.79. The Bertz CT molecular complexity index is 836. The standard InChI is InChI=1S/C24H32N2O2Si/c1-29(2)19-26(22-12-7-8-13-23(22)29)24(28)14-6-4-3-5-11-21(27)16-15-20-10-9-17-25-18-20/h7-10,12-13,17-18H,3-6,11,14-16,19H2,1-2H3. The van der Waals surface area contributed by atoms with E-state index in [0.717, 1.165) is 49.5 Å². The number of ketones is 1. The number of unbranched alkanes of at least 4 members (excludes halogenated alkanes) is 3. The van der Waals surface area contributed by atoms with Crippen molar-refractivity contribution < 1.29 is 9.59 Å². The average molecular weight is 409 g/mol. The Kier molecular flexibility index (Phi) is 7.37. The van der Waals surface area contributed by atoms with E-state index < -0.39 is 8.07 Å². The number of rotatable bonds is 10. The van der Waals surface area contributed by atoms with Gasteiger partial charge in [-0.3, -0.25) is 14.6 Å². The molecule has 0 atom stereocenters. The monoisotopic (exact) mass is 408 g/mol. The zero-order valence-electron chi connectivity index (χ0n) is 17.7. The number of aryl methyl sites for hydroxylation is 1. The van der Waals surface area contributed by atoms with Crippen LogP contribution in [0.4, 0.5) is 5.69 Å². The lowest BCUT2D eigenvalue weighted by Gasteiger charge is -2.19. The molecule has 0 saturated carbocycles. The first-order valence-corrected chi connectivity index (χ1v) is 14.0. The molecule has 0 N–H and O–H groups in total. The topological polar surface area (TPSA) is 50.3 Å². The summed E-state index contributed by atoms with van der Waals surface area (Å²) in [6, 6.07) is 12.3. The van der Waals surface area contributed by atoms with Crippen molar-refractivity contribution in [3.8, 4) is 0 Å². The number of para-hydroxylation sites is 1. The number of anilines is 1. The van der Waals surface area contributed by atoms with E-state index in [2.05, 4.69) is 36.3 Å². The van der Waals surface area contributed by atoms with Gasteiger partial charge in [0.1, 0.15) is 13.9 Å². The van der Waals surface area contributed by atoms with Crippen LogP contribution in [0.25, 0.3) is 0 Å². The second-order valence-electron chi connectivity index (χ2n) is 8.70. The van der Waals surface area contributed by atoms with Gasteiger partial charge in [0.2, 0.25) is 5.91 Å². The fraction of sp³-hybridized carbons (Fsp3) is 0.458. The van der Waals surface area contributed by atoms with E-state index in [1.807, 2.05) is 29.3 Å². The summed E-state index contributed by atoms with van der Waals surface area (Å²) in [4.78, 5) is 30.9. The van der Waals surface area contributed by atoms with Crippen LogP contribution in [0, 0.1) is 0 Å². The Balaban J connectivity index is 1.31. The van der Waals surface area contributed by atoms with Gasteiger partial charge in [0, 0.05) is 43.5 Å². The lowest BCUT2D eigenvalue weighted by Crippen LogP contribution is -2.44. The SMILES string of the molecule is C[Si]1(C)CN(C(=O)CCCCCCC(=O)CCc2cccnc2)c2ccccc21. The van der Waals surface area contributed by atoms with Crippen molar-refractivity contribution in [2.45, 2.75) is 64.5 Å². The number of pyridine rings is 1. The predicted molar refractivity (Wildman–Crippen MR) is 121 cm³/mol. The van der Waals surface area contributed by atoms with Gasteiger partial charge in [0.25, 0.3) is 0 Å². The van der Waals surface area contributed by atoms with Crippen LogP contribution in [0.15, 0.2) is 48.8 Å². The smallest absolute Gasteiger partial charge is 0.226 e. The second kappa shape index (κ2) is 9.97. The molecule has 0 unspecified atom stereocenters. The highest BCUT2D eigenvalue weighted by Crippen LogP contribution is 2.26. The average Bonchev–Trinajstić information content (AvgIpc) is 3.01. The molecule has 1 aliphatic heterocycles. The van der Waals surface area contributed by atoms with Gasteiger partial charge >= 0.3 is 0 Å². The number of amides is 1. The van der Waals surface area contributed by atoms with Gasteiger partial charge in [0.15, 0.2) is 0 Å². The van der Waals surface area contributed by atoms with Crippen molar-refractivity contribution in [1.29, 1.82) is 0 Å². The Labute approximate surface area is 175 Å². The molecule has 29 heavy (non-hydrogen) atoms. The molecule has 1 aromatic carbocycles. The number of Topliss-reactive ketones (excluding diaryl/α,β-unsaturated/α-hetero) is 1. The van der Waals surface area contributed by atoms with E-state index in [9.17, 15) is 9.59 Å². The molecule has 0 saturated heterocycles. The van der Waals surface area contributed by atoms with Crippen LogP contribution in [-0.2, 0) is 16.0 Å². The minimum absolute atomic E-state index is 0.253. The number of aromatic nitrogens is 1. The molecule has 2 aromatic rings. The Hall–Kier alpha value is -2.27. The molecule has 0 radical (unpaired) electrons. The highest BCUT2D eigenvalue weighted by Gasteiger charge is 2.38. The third kappa shape index (κ3) is 5.86. The van der Waals surface area contributed by atoms with Crippen LogP contribution in [0.5, 0.6) is 0 Å². The number of benzene rings is 1. The molecule has 2 heterocycles. The molecule has 0 aliphatic carbocycles. The van der Waals surface area contributed by atoms with E-state index in [1.54, 1.807) is 6.20 Å². The highest BCUT2D eigenvalue weighted by molar-refractivity contribution is 6.93. The van der Waals surface area contributed by atoms with Gasteiger partial charge in [-0.1, -0.05) is 50.2 Å². The first-order chi connectivity index (χ1) is 14.0. The largest absolute Gasteiger partial charge is 0.315 e. The molecular formula is C24H32N2O2Si. The summed E-state index contributed by atoms with van der Waals surface area (Å²) in [5.74, 6) is 0.578. The van der Waals surface area contributed by atoms with Gasteiger partial charge in [-0.15, -0.1) is 0 Å². The normalized spacial score (nSPS) is 14.6. The molecule has 4 nitrogen and oxygen atoms in total. The minimum Gasteiger partial charge on any atom is -0.315 e. The Morgan fingerprint density at radius 2 is 1.72 bits per heavy atom. The summed E-state index contributed by atoms with van der Waals surface area (Å²) in [6.45, 7) is 4.68. The van der Waals surface area contributed by atoms with Crippen molar-refractivity contribution in [3.63, 3.8) is 0 Å². The van der Waals surface area contributed by atoms with Crippen molar-refractivity contribution in [3.05, 3.63) is 54.4 Å². The Morgan fingerprint density at radius 1 is 0.966 bits per heavy atom. The summed E-state index contributed by atoms with van der Waals surface area (Å²) in [6.07, 6.45) is 11.0. The van der Waals surface area contributed by atoms with Gasteiger partial charge < -0.3 is 4.90 Å². The Morgan fingerprint density at radius 3 is 2.48 bits per heavy atom. The number of hydrogen-bond acceptors (Lipinski definition) is 3. The second-order valence-corrected chi connectivity index (χ2v) is 13.3. The van der Waals surface area contributed by atoms with E-state index in [1.165, 1.54) is 5.19 Å². The molecule has 0 fully saturated rings. The van der Waals surface area contributed by atoms with E-state index in [-0.39, 0.29) is 5.91 Å². The zero-order chi connectivity index (χ0) is 20.7. The predicted octanol–water partition coefficient (Wildman–Crippen LogP) is 4.43. The number of carbonyl (C=O) groups is 2. The lowest BCUT2D eigenvalue weighted by molar-refractivity contribution is -0.119. The van der Waals surface area contributed by atoms with E-state index >= 15 is 0 Å². The number of fused-ring (bicyclic) bond motifs is 1. The number of carbonyl (C=O) groups excluding carboxylic acids is 2. The molecule has 1 amide bonds. The van der Waals surface area contributed by atoms with Crippen LogP contribution in [0.2, 0.25) is 13.1 Å². The van der Waals surface area contributed by atoms with Crippen molar-refractivity contribution in [2.75, 3.05) is 11.1 Å². The van der Waals surface area contributed by atoms with Crippen LogP contribution in [0.1, 0.15) is 50.5 Å². The van der Waals surface area contributed by atoms with Crippen LogP contribution in [-0.4, -0.2) is 30.9 Å². The number of nitrogens with zero attached hydrogens (tertiary/aromatic N) is 2. The van der Waals surface area contributed by atoms with Crippen molar-refractivity contribution in [2.24, 2.45) is 0 Å². The molecule has 5 heteroatoms. The van der Waals surface area contributed by atoms with Gasteiger partial charge in [0.05, 0.1) is 0 Å². The lowest BCUT2D eigenvalue weighted by atomic mass is 10.0. The quantitative estimate of drug-likeness (QED) is 0.432. The van der Waals surface area contributed by atoms with Crippen LogP contribution in [0.3, 0.4) is 0 Å². The molecule has 154 valence electrons. The fourth-order valence-electron chi connectivity index (χ4n) is 4.11. The molecular weight excluding hydrogens is 376 g/mol. The molecule has 0 bridgehead atoms. The number of hydrogen-bond donors (Lipinski definition) is 0. The molecule has 0 spiro atoms. The summed E-state index contributed by atoms with van der Waals surface area (Å²) < 4.78 is 0. The van der Waals surface area contributed by atoms with E-state index in [4.69, 9.17) is 0 Å². The summed E-state index contributed by atoms with van der Waals surface area (Å²) in [5.41, 5.74) is 2.25. The van der Waals surface area contributed by atoms with Gasteiger partial charge in [-0.05, 0) is 42.1 Å². The molecule has 1 aliphatic rings. The third-order valence-corrected chi connectivity index (χ3v) is 8.78. The maximum atomic E-state index is 12.7. The van der Waals surface area contributed by atoms with Gasteiger partial charge in [-0.2, -0.15) is 0 Å². The van der Waals surface area contributed by atoms with Crippen molar-refractivity contribution >= 4 is 30.6 Å². The fourth-order valence-corrected chi connectivity index (χ4v) is 6.88. The maximum absolute atomic E-state index is 12.7. The van der Waals surface area contributed by atoms with E-state index in [0.29, 0.717) is 25.0 Å². The van der Waals surface area contributed by atoms with Crippen molar-refractivity contribution in [1.82, 2.24) is 4.98 Å². The minimum atomic E-state index is -1.53. The zero-order valence-corrected chi connectivity index (χ0v) is 18.7. The maximum Gasteiger partial charge on any atom is 0.226 e. The summed E-state index contributed by atoms with van der Waals surface area (Å²) >= 11 is 0. The van der Waals surface area contributed by atoms with Crippen LogP contribution >= 0.6 is 0 Å². The molecule has 1 aromatic heterocycles. The first kappa shape index (κ1) is 21.4. The summed E-state index contributed by atoms with van der Waals surface area (Å²) in [5, 5.41) is 1.40. The van der Waals surface area contributed by atoms with Gasteiger partial charge in [-0.25, -0.2) is 0 Å². The highest BCUT2D eigenvalue weighted by atomic mass is 28.3. The first-order valence-electron chi connectivity index (χ1n) is 10.8. The molecule has 3 rings (SSSR count).